The van der Waals surface area contributed by atoms with Crippen LogP contribution in [0.1, 0.15) is 5.56 Å². The van der Waals surface area contributed by atoms with Gasteiger partial charge in [-0.25, -0.2) is 4.39 Å². The third kappa shape index (κ3) is 4.99. The van der Waals surface area contributed by atoms with E-state index >= 15 is 0 Å². The van der Waals surface area contributed by atoms with Gasteiger partial charge in [0.05, 0.1) is 5.75 Å². The number of hydrogen-bond donors (Lipinski definition) is 1. The lowest BCUT2D eigenvalue weighted by Crippen LogP contribution is -2.25. The van der Waals surface area contributed by atoms with Crippen LogP contribution >= 0.6 is 23.4 Å². The number of nitrogens with zero attached hydrogens (tertiary/aromatic N) is 3. The molecule has 0 aliphatic rings. The van der Waals surface area contributed by atoms with Crippen LogP contribution in [0.2, 0.25) is 5.02 Å². The Labute approximate surface area is 171 Å². The van der Waals surface area contributed by atoms with Crippen molar-refractivity contribution in [1.29, 1.82) is 0 Å². The number of carbonyl (C=O) groups is 1. The van der Waals surface area contributed by atoms with Gasteiger partial charge < -0.3 is 5.32 Å². The highest BCUT2D eigenvalue weighted by Gasteiger charge is 2.15. The fourth-order valence-electron chi connectivity index (χ4n) is 2.52. The minimum atomic E-state index is -0.339. The molecule has 3 aromatic rings. The first-order chi connectivity index (χ1) is 13.6. The van der Waals surface area contributed by atoms with E-state index in [1.54, 1.807) is 36.4 Å². The van der Waals surface area contributed by atoms with Crippen LogP contribution in [-0.4, -0.2) is 26.4 Å². The molecule has 1 amide bonds. The zero-order valence-corrected chi connectivity index (χ0v) is 16.5. The van der Waals surface area contributed by atoms with Gasteiger partial charge in [0.25, 0.3) is 0 Å². The number of amides is 1. The highest BCUT2D eigenvalue weighted by Crippen LogP contribution is 2.25. The maximum absolute atomic E-state index is 13.6. The van der Waals surface area contributed by atoms with E-state index < -0.39 is 0 Å². The van der Waals surface area contributed by atoms with Gasteiger partial charge in [-0.05, 0) is 30.3 Å². The van der Waals surface area contributed by atoms with E-state index in [9.17, 15) is 9.18 Å². The highest BCUT2D eigenvalue weighted by molar-refractivity contribution is 7.99. The number of halogens is 2. The van der Waals surface area contributed by atoms with Crippen LogP contribution in [-0.2, 0) is 17.9 Å². The van der Waals surface area contributed by atoms with Crippen molar-refractivity contribution in [1.82, 2.24) is 20.1 Å². The molecule has 5 nitrogen and oxygen atoms in total. The summed E-state index contributed by atoms with van der Waals surface area (Å²) in [5, 5.41) is 12.4. The number of allylic oxidation sites excluding steroid dienone is 1. The van der Waals surface area contributed by atoms with Crippen LogP contribution in [0.5, 0.6) is 0 Å². The number of benzene rings is 2. The summed E-state index contributed by atoms with van der Waals surface area (Å²) in [6, 6.07) is 13.6. The molecule has 0 spiro atoms. The largest absolute Gasteiger partial charge is 0.351 e. The summed E-state index contributed by atoms with van der Waals surface area (Å²) < 4.78 is 15.5. The van der Waals surface area contributed by atoms with Crippen molar-refractivity contribution < 1.29 is 9.18 Å². The summed E-state index contributed by atoms with van der Waals surface area (Å²) >= 11 is 7.21. The quantitative estimate of drug-likeness (QED) is 0.438. The molecule has 0 aliphatic heterocycles. The minimum Gasteiger partial charge on any atom is -0.351 e. The van der Waals surface area contributed by atoms with Crippen LogP contribution in [0.4, 0.5) is 4.39 Å². The Hall–Kier alpha value is -2.64. The molecule has 3 rings (SSSR count). The van der Waals surface area contributed by atoms with Crippen LogP contribution in [0, 0.1) is 5.82 Å². The third-order valence-corrected chi connectivity index (χ3v) is 5.12. The molecule has 0 unspecified atom stereocenters. The molecule has 0 aliphatic carbocycles. The van der Waals surface area contributed by atoms with Crippen molar-refractivity contribution in [2.75, 3.05) is 5.75 Å². The Balaban J connectivity index is 1.65. The fourth-order valence-corrected chi connectivity index (χ4v) is 3.42. The minimum absolute atomic E-state index is 0.140. The number of carbonyl (C=O) groups excluding carboxylic acids is 1. The van der Waals surface area contributed by atoms with Crippen molar-refractivity contribution in [2.24, 2.45) is 0 Å². The van der Waals surface area contributed by atoms with Crippen molar-refractivity contribution >= 4 is 29.3 Å². The second-order valence-corrected chi connectivity index (χ2v) is 7.25. The number of nitrogens with one attached hydrogen (secondary N) is 1. The lowest BCUT2D eigenvalue weighted by Gasteiger charge is -2.08. The van der Waals surface area contributed by atoms with E-state index in [1.165, 1.54) is 17.8 Å². The molecular weight excluding hydrogens is 399 g/mol. The molecule has 144 valence electrons. The number of hydrogen-bond acceptors (Lipinski definition) is 4. The number of rotatable bonds is 8. The predicted octanol–water partition coefficient (Wildman–Crippen LogP) is 4.33. The molecule has 1 N–H and O–H groups in total. The molecular formula is C20H18ClFN4OS. The summed E-state index contributed by atoms with van der Waals surface area (Å²) in [6.07, 6.45) is 1.74. The molecule has 0 bridgehead atoms. The molecule has 0 saturated carbocycles. The van der Waals surface area contributed by atoms with Gasteiger partial charge in [0, 0.05) is 29.2 Å². The summed E-state index contributed by atoms with van der Waals surface area (Å²) in [6.45, 7) is 4.41. The van der Waals surface area contributed by atoms with Gasteiger partial charge in [0.1, 0.15) is 5.82 Å². The van der Waals surface area contributed by atoms with Crippen molar-refractivity contribution in [3.05, 3.63) is 77.6 Å². The van der Waals surface area contributed by atoms with Crippen molar-refractivity contribution in [3.8, 4) is 11.4 Å². The average molecular weight is 417 g/mol. The summed E-state index contributed by atoms with van der Waals surface area (Å²) in [7, 11) is 0. The van der Waals surface area contributed by atoms with Gasteiger partial charge >= 0.3 is 0 Å². The first kappa shape index (κ1) is 20.1. The van der Waals surface area contributed by atoms with Crippen molar-refractivity contribution in [2.45, 2.75) is 18.2 Å². The molecule has 0 fully saturated rings. The summed E-state index contributed by atoms with van der Waals surface area (Å²) in [5.74, 6) is 0.263. The maximum atomic E-state index is 13.6. The average Bonchev–Trinajstić information content (AvgIpc) is 3.09. The Bertz CT molecular complexity index is 975. The van der Waals surface area contributed by atoms with Gasteiger partial charge in [-0.15, -0.1) is 16.8 Å². The molecule has 0 atom stereocenters. The predicted molar refractivity (Wildman–Crippen MR) is 110 cm³/mol. The number of thioether (sulfide) groups is 1. The molecule has 28 heavy (non-hydrogen) atoms. The zero-order valence-electron chi connectivity index (χ0n) is 14.9. The second-order valence-electron chi connectivity index (χ2n) is 5.87. The standard InChI is InChI=1S/C20H18ClFN4OS/c1-2-11-26-19(14-7-9-16(21)10-8-14)24-25-20(26)28-13-18(27)23-12-15-5-3-4-6-17(15)22/h2-10H,1,11-13H2,(H,23,27). The summed E-state index contributed by atoms with van der Waals surface area (Å²) in [4.78, 5) is 12.1. The van der Waals surface area contributed by atoms with Gasteiger partial charge in [0.2, 0.25) is 5.91 Å². The van der Waals surface area contributed by atoms with Gasteiger partial charge in [0.15, 0.2) is 11.0 Å². The topological polar surface area (TPSA) is 59.8 Å². The van der Waals surface area contributed by atoms with E-state index in [0.717, 1.165) is 5.56 Å². The molecule has 0 radical (unpaired) electrons. The van der Waals surface area contributed by atoms with Crippen LogP contribution in [0.25, 0.3) is 11.4 Å². The first-order valence-electron chi connectivity index (χ1n) is 8.51. The van der Waals surface area contributed by atoms with Crippen LogP contribution < -0.4 is 5.32 Å². The Morgan fingerprint density at radius 2 is 1.96 bits per heavy atom. The first-order valence-corrected chi connectivity index (χ1v) is 9.87. The lowest BCUT2D eigenvalue weighted by atomic mass is 10.2. The fraction of sp³-hybridized carbons (Fsp3) is 0.150. The number of aromatic nitrogens is 3. The van der Waals surface area contributed by atoms with E-state index in [0.29, 0.717) is 28.1 Å². The normalized spacial score (nSPS) is 10.6. The molecule has 8 heteroatoms. The van der Waals surface area contributed by atoms with Gasteiger partial charge in [-0.2, -0.15) is 0 Å². The molecule has 1 aromatic heterocycles. The van der Waals surface area contributed by atoms with E-state index in [-0.39, 0.29) is 24.0 Å². The van der Waals surface area contributed by atoms with Gasteiger partial charge in [-0.1, -0.05) is 47.6 Å². The Kier molecular flexibility index (Phi) is 6.84. The molecule has 1 heterocycles. The molecule has 2 aromatic carbocycles. The van der Waals surface area contributed by atoms with Crippen LogP contribution in [0.3, 0.4) is 0 Å². The van der Waals surface area contributed by atoms with Crippen molar-refractivity contribution in [3.63, 3.8) is 0 Å². The monoisotopic (exact) mass is 416 g/mol. The smallest absolute Gasteiger partial charge is 0.230 e. The molecule has 0 saturated heterocycles. The third-order valence-electron chi connectivity index (χ3n) is 3.90. The SMILES string of the molecule is C=CCn1c(SCC(=O)NCc2ccccc2F)nnc1-c1ccc(Cl)cc1. The Morgan fingerprint density at radius 1 is 1.21 bits per heavy atom. The Morgan fingerprint density at radius 3 is 2.68 bits per heavy atom. The maximum Gasteiger partial charge on any atom is 0.230 e. The second kappa shape index (κ2) is 9.52. The van der Waals surface area contributed by atoms with Gasteiger partial charge in [-0.3, -0.25) is 9.36 Å². The summed E-state index contributed by atoms with van der Waals surface area (Å²) in [5.41, 5.74) is 1.32. The lowest BCUT2D eigenvalue weighted by molar-refractivity contribution is -0.118. The zero-order chi connectivity index (χ0) is 19.9. The van der Waals surface area contributed by atoms with E-state index in [2.05, 4.69) is 22.1 Å². The highest BCUT2D eigenvalue weighted by atomic mass is 35.5. The van der Waals surface area contributed by atoms with Crippen LogP contribution in [0.15, 0.2) is 66.3 Å². The van der Waals surface area contributed by atoms with E-state index in [4.69, 9.17) is 11.6 Å². The van der Waals surface area contributed by atoms with E-state index in [1.807, 2.05) is 16.7 Å².